The van der Waals surface area contributed by atoms with Crippen LogP contribution < -0.4 is 19.7 Å². The first kappa shape index (κ1) is 22.2. The number of rotatable bonds is 7. The average molecular weight is 459 g/mol. The summed E-state index contributed by atoms with van der Waals surface area (Å²) in [5.74, 6) is 2.26. The van der Waals surface area contributed by atoms with Gasteiger partial charge in [-0.3, -0.25) is 0 Å². The number of nitrogens with zero attached hydrogens (tertiary/aromatic N) is 4. The van der Waals surface area contributed by atoms with Crippen molar-refractivity contribution in [2.45, 2.75) is 37.6 Å². The molecule has 10 nitrogen and oxygen atoms in total. The van der Waals surface area contributed by atoms with Crippen LogP contribution in [0.25, 0.3) is 0 Å². The van der Waals surface area contributed by atoms with Gasteiger partial charge in [0.2, 0.25) is 10.8 Å². The van der Waals surface area contributed by atoms with E-state index in [2.05, 4.69) is 25.2 Å². The molecule has 1 saturated heterocycles. The molecule has 1 atom stereocenters. The fraction of sp³-hybridized carbons (Fsp3) is 0.381. The van der Waals surface area contributed by atoms with Crippen molar-refractivity contribution in [1.29, 1.82) is 0 Å². The lowest BCUT2D eigenvalue weighted by Gasteiger charge is -2.32. The van der Waals surface area contributed by atoms with Crippen molar-refractivity contribution in [3.8, 4) is 5.75 Å². The number of aryl methyl sites for hydroxylation is 2. The minimum absolute atomic E-state index is 0.123. The quantitative estimate of drug-likeness (QED) is 0.513. The van der Waals surface area contributed by atoms with E-state index in [0.29, 0.717) is 49.2 Å². The SMILES string of the molecule is COc1ccccc1Nc1ccnc(N2CCC(N[S+](=O)([O-])c3c(C)noc3C)CC2)n1. The van der Waals surface area contributed by atoms with Crippen molar-refractivity contribution >= 4 is 27.9 Å². The van der Waals surface area contributed by atoms with Gasteiger partial charge in [0.05, 0.1) is 18.8 Å². The number of anilines is 3. The van der Waals surface area contributed by atoms with Crippen LogP contribution in [0.3, 0.4) is 0 Å². The molecule has 1 unspecified atom stereocenters. The molecule has 1 aliphatic rings. The van der Waals surface area contributed by atoms with Crippen molar-refractivity contribution in [3.05, 3.63) is 48.0 Å². The maximum Gasteiger partial charge on any atom is 0.240 e. The van der Waals surface area contributed by atoms with Gasteiger partial charge in [-0.15, -0.1) is 4.72 Å². The summed E-state index contributed by atoms with van der Waals surface area (Å²) < 4.78 is 38.7. The van der Waals surface area contributed by atoms with Crippen molar-refractivity contribution in [1.82, 2.24) is 19.8 Å². The number of para-hydroxylation sites is 2. The second-order valence-corrected chi connectivity index (χ2v) is 9.25. The molecule has 11 heteroatoms. The third-order valence-electron chi connectivity index (χ3n) is 5.35. The largest absolute Gasteiger partial charge is 0.593 e. The molecule has 32 heavy (non-hydrogen) atoms. The van der Waals surface area contributed by atoms with E-state index >= 15 is 0 Å². The fourth-order valence-corrected chi connectivity index (χ4v) is 5.42. The lowest BCUT2D eigenvalue weighted by atomic mass is 10.1. The van der Waals surface area contributed by atoms with Crippen molar-refractivity contribution in [2.75, 3.05) is 30.4 Å². The van der Waals surface area contributed by atoms with Crippen LogP contribution in [0, 0.1) is 13.8 Å². The van der Waals surface area contributed by atoms with Crippen LogP contribution >= 0.6 is 0 Å². The Hall–Kier alpha value is -3.02. The van der Waals surface area contributed by atoms with Gasteiger partial charge < -0.3 is 24.0 Å². The predicted molar refractivity (Wildman–Crippen MR) is 120 cm³/mol. The third kappa shape index (κ3) is 4.74. The molecule has 3 aromatic rings. The highest BCUT2D eigenvalue weighted by molar-refractivity contribution is 7.95. The van der Waals surface area contributed by atoms with E-state index in [9.17, 15) is 8.76 Å². The number of piperidine rings is 1. The van der Waals surface area contributed by atoms with Crippen LogP contribution in [-0.4, -0.2) is 45.9 Å². The lowest BCUT2D eigenvalue weighted by Crippen LogP contribution is -2.47. The van der Waals surface area contributed by atoms with E-state index in [1.807, 2.05) is 29.2 Å². The molecule has 2 aromatic heterocycles. The molecule has 0 radical (unpaired) electrons. The normalized spacial score (nSPS) is 16.6. The summed E-state index contributed by atoms with van der Waals surface area (Å²) in [5, 5.41) is 7.00. The third-order valence-corrected chi connectivity index (χ3v) is 7.11. The first-order chi connectivity index (χ1) is 15.4. The zero-order chi connectivity index (χ0) is 22.7. The van der Waals surface area contributed by atoms with Gasteiger partial charge in [-0.1, -0.05) is 21.5 Å². The first-order valence-corrected chi connectivity index (χ1v) is 11.8. The summed E-state index contributed by atoms with van der Waals surface area (Å²) in [6.07, 6.45) is 2.97. The van der Waals surface area contributed by atoms with Crippen LogP contribution in [-0.2, 0) is 14.6 Å². The molecule has 0 amide bonds. The predicted octanol–water partition coefficient (Wildman–Crippen LogP) is 3.00. The maximum atomic E-state index is 12.8. The molecule has 0 bridgehead atoms. The summed E-state index contributed by atoms with van der Waals surface area (Å²) in [6, 6.07) is 9.22. The Morgan fingerprint density at radius 2 is 1.97 bits per heavy atom. The van der Waals surface area contributed by atoms with Gasteiger partial charge in [-0.05, 0) is 38.0 Å². The summed E-state index contributed by atoms with van der Waals surface area (Å²) in [4.78, 5) is 11.2. The molecule has 3 heterocycles. The van der Waals surface area contributed by atoms with E-state index in [0.717, 1.165) is 11.4 Å². The number of benzene rings is 1. The average Bonchev–Trinajstić information content (AvgIpc) is 3.13. The highest BCUT2D eigenvalue weighted by Crippen LogP contribution is 2.28. The standard InChI is InChI=1S/C21H26N6O4S/c1-14-20(15(2)31-25-14)32(28,29)26-16-9-12-27(13-10-16)21-22-11-8-19(24-21)23-17-6-4-5-7-18(17)30-3/h4-8,11,16H,9-10,12-13H2,1-3H3,(H2-,22,23,24,26,28,29). The van der Waals surface area contributed by atoms with Crippen molar-refractivity contribution < 1.29 is 18.0 Å². The number of nitrogens with one attached hydrogen (secondary N) is 2. The van der Waals surface area contributed by atoms with E-state index in [1.54, 1.807) is 33.2 Å². The Labute approximate surface area is 187 Å². The highest BCUT2D eigenvalue weighted by Gasteiger charge is 2.34. The molecule has 4 rings (SSSR count). The van der Waals surface area contributed by atoms with Gasteiger partial charge in [-0.2, -0.15) is 4.98 Å². The van der Waals surface area contributed by atoms with E-state index in [4.69, 9.17) is 9.26 Å². The number of hydrogen-bond acceptors (Lipinski definition) is 9. The topological polar surface area (TPSA) is 128 Å². The second-order valence-electron chi connectivity index (χ2n) is 7.60. The van der Waals surface area contributed by atoms with E-state index in [-0.39, 0.29) is 10.9 Å². The minimum Gasteiger partial charge on any atom is -0.593 e. The zero-order valence-electron chi connectivity index (χ0n) is 18.2. The van der Waals surface area contributed by atoms with Gasteiger partial charge in [0.1, 0.15) is 17.3 Å². The second kappa shape index (κ2) is 9.23. The summed E-state index contributed by atoms with van der Waals surface area (Å²) in [6.45, 7) is 4.48. The summed E-state index contributed by atoms with van der Waals surface area (Å²) in [5.41, 5.74) is 1.17. The van der Waals surface area contributed by atoms with Crippen LogP contribution in [0.4, 0.5) is 17.5 Å². The molecule has 0 spiro atoms. The Morgan fingerprint density at radius 3 is 2.66 bits per heavy atom. The molecular weight excluding hydrogens is 432 g/mol. The molecule has 1 aliphatic heterocycles. The molecule has 0 aliphatic carbocycles. The van der Waals surface area contributed by atoms with Crippen LogP contribution in [0.15, 0.2) is 45.9 Å². The number of ether oxygens (including phenoxy) is 1. The summed E-state index contributed by atoms with van der Waals surface area (Å²) >= 11 is 0. The number of methoxy groups -OCH3 is 1. The highest BCUT2D eigenvalue weighted by atomic mass is 32.3. The van der Waals surface area contributed by atoms with Crippen LogP contribution in [0.1, 0.15) is 24.3 Å². The zero-order valence-corrected chi connectivity index (χ0v) is 19.0. The summed E-state index contributed by atoms with van der Waals surface area (Å²) in [7, 11) is -2.06. The Kier molecular flexibility index (Phi) is 6.40. The van der Waals surface area contributed by atoms with Gasteiger partial charge in [0.15, 0.2) is 16.2 Å². The minimum atomic E-state index is -3.69. The Morgan fingerprint density at radius 1 is 1.22 bits per heavy atom. The van der Waals surface area contributed by atoms with Crippen LogP contribution in [0.2, 0.25) is 0 Å². The monoisotopic (exact) mass is 458 g/mol. The smallest absolute Gasteiger partial charge is 0.240 e. The van der Waals surface area contributed by atoms with Crippen molar-refractivity contribution in [3.63, 3.8) is 0 Å². The van der Waals surface area contributed by atoms with Crippen LogP contribution in [0.5, 0.6) is 5.75 Å². The first-order valence-electron chi connectivity index (χ1n) is 10.3. The van der Waals surface area contributed by atoms with E-state index in [1.165, 1.54) is 0 Å². The molecule has 1 fully saturated rings. The number of aromatic nitrogens is 3. The molecular formula is C21H26N6O4S. The Balaban J connectivity index is 1.39. The van der Waals surface area contributed by atoms with Gasteiger partial charge in [0, 0.05) is 26.2 Å². The van der Waals surface area contributed by atoms with E-state index < -0.39 is 10.4 Å². The van der Waals surface area contributed by atoms with Gasteiger partial charge in [0.25, 0.3) is 0 Å². The molecule has 1 aromatic carbocycles. The maximum absolute atomic E-state index is 12.8. The number of hydrogen-bond donors (Lipinski definition) is 2. The number of sulfonamides is 1. The molecule has 170 valence electrons. The van der Waals surface area contributed by atoms with Crippen molar-refractivity contribution in [2.24, 2.45) is 0 Å². The fourth-order valence-electron chi connectivity index (χ4n) is 3.79. The van der Waals surface area contributed by atoms with Gasteiger partial charge in [-0.25, -0.2) is 4.98 Å². The molecule has 0 saturated carbocycles. The molecule has 2 N–H and O–H groups in total. The lowest BCUT2D eigenvalue weighted by molar-refractivity contribution is 0.387. The van der Waals surface area contributed by atoms with Gasteiger partial charge >= 0.3 is 0 Å². The Bertz CT molecular complexity index is 1110.